The predicted molar refractivity (Wildman–Crippen MR) is 108 cm³/mol. The second kappa shape index (κ2) is 7.49. The number of nitriles is 1. The maximum absolute atomic E-state index is 12.5. The zero-order chi connectivity index (χ0) is 19.7. The third-order valence-electron chi connectivity index (χ3n) is 4.97. The first-order chi connectivity index (χ1) is 13.6. The maximum Gasteiger partial charge on any atom is 0.340 e. The van der Waals surface area contributed by atoms with E-state index in [1.54, 1.807) is 6.20 Å². The third-order valence-corrected chi connectivity index (χ3v) is 6.18. The van der Waals surface area contributed by atoms with Gasteiger partial charge in [0.1, 0.15) is 11.1 Å². The van der Waals surface area contributed by atoms with E-state index in [-0.39, 0.29) is 0 Å². The van der Waals surface area contributed by atoms with E-state index in [2.05, 4.69) is 11.4 Å². The number of hydrogen-bond donors (Lipinski definition) is 1. The summed E-state index contributed by atoms with van der Waals surface area (Å²) >= 11 is 1.44. The van der Waals surface area contributed by atoms with E-state index >= 15 is 0 Å². The molecule has 0 saturated carbocycles. The van der Waals surface area contributed by atoms with Crippen LogP contribution in [0.1, 0.15) is 39.7 Å². The molecule has 0 bridgehead atoms. The quantitative estimate of drug-likeness (QED) is 0.667. The highest BCUT2D eigenvalue weighted by Gasteiger charge is 2.23. The van der Waals surface area contributed by atoms with Gasteiger partial charge in [0.25, 0.3) is 5.91 Å². The van der Waals surface area contributed by atoms with Gasteiger partial charge in [-0.2, -0.15) is 5.26 Å². The van der Waals surface area contributed by atoms with Crippen LogP contribution in [-0.4, -0.2) is 23.1 Å². The van der Waals surface area contributed by atoms with Crippen LogP contribution in [0.2, 0.25) is 0 Å². The van der Waals surface area contributed by atoms with E-state index in [0.29, 0.717) is 16.1 Å². The number of amides is 1. The number of nitrogens with zero attached hydrogens (tertiary/aromatic N) is 2. The number of aromatic nitrogens is 1. The number of hydrogen-bond acceptors (Lipinski definition) is 5. The van der Waals surface area contributed by atoms with Gasteiger partial charge >= 0.3 is 5.97 Å². The van der Waals surface area contributed by atoms with Gasteiger partial charge in [0.15, 0.2) is 6.61 Å². The minimum absolute atomic E-state index is 0.391. The summed E-state index contributed by atoms with van der Waals surface area (Å²) in [5.74, 6) is -0.975. The number of nitrogens with one attached hydrogen (secondary N) is 1. The summed E-state index contributed by atoms with van der Waals surface area (Å²) in [6.07, 6.45) is 4.62. The third kappa shape index (κ3) is 3.16. The first-order valence-corrected chi connectivity index (χ1v) is 10.0. The summed E-state index contributed by atoms with van der Waals surface area (Å²) in [6.45, 7) is 2.34. The number of carbonyl (C=O) groups is 2. The molecule has 0 unspecified atom stereocenters. The van der Waals surface area contributed by atoms with Crippen molar-refractivity contribution >= 4 is 39.1 Å². The molecule has 1 aliphatic carbocycles. The van der Waals surface area contributed by atoms with Crippen molar-refractivity contribution in [2.45, 2.75) is 32.7 Å². The van der Waals surface area contributed by atoms with Crippen LogP contribution in [-0.2, 0) is 28.9 Å². The fourth-order valence-electron chi connectivity index (χ4n) is 3.65. The fraction of sp³-hybridized carbons (Fsp3) is 0.286. The molecular weight excluding hydrogens is 374 g/mol. The van der Waals surface area contributed by atoms with Gasteiger partial charge in [-0.05, 0) is 37.8 Å². The average molecular weight is 393 g/mol. The Labute approximate surface area is 166 Å². The van der Waals surface area contributed by atoms with Crippen LogP contribution in [0.5, 0.6) is 0 Å². The highest BCUT2D eigenvalue weighted by molar-refractivity contribution is 7.16. The molecule has 0 radical (unpaired) electrons. The van der Waals surface area contributed by atoms with Crippen LogP contribution < -0.4 is 5.32 Å². The van der Waals surface area contributed by atoms with E-state index in [1.807, 2.05) is 35.8 Å². The molecule has 7 heteroatoms. The van der Waals surface area contributed by atoms with Gasteiger partial charge in [0.2, 0.25) is 0 Å². The van der Waals surface area contributed by atoms with Gasteiger partial charge in [-0.15, -0.1) is 11.3 Å². The molecule has 142 valence electrons. The molecule has 0 spiro atoms. The second-order valence-electron chi connectivity index (χ2n) is 6.64. The molecule has 1 aliphatic rings. The Hall–Kier alpha value is -3.11. The van der Waals surface area contributed by atoms with E-state index < -0.39 is 18.5 Å². The first kappa shape index (κ1) is 18.3. The summed E-state index contributed by atoms with van der Waals surface area (Å²) in [6, 6.07) is 9.78. The summed E-state index contributed by atoms with van der Waals surface area (Å²) in [5.41, 5.74) is 2.99. The Morgan fingerprint density at radius 1 is 1.32 bits per heavy atom. The number of esters is 1. The molecule has 0 fully saturated rings. The Kier molecular flexibility index (Phi) is 4.88. The van der Waals surface area contributed by atoms with Crippen molar-refractivity contribution < 1.29 is 14.3 Å². The number of thiophene rings is 1. The van der Waals surface area contributed by atoms with Crippen molar-refractivity contribution in [1.82, 2.24) is 4.57 Å². The van der Waals surface area contributed by atoms with Crippen LogP contribution in [0.3, 0.4) is 0 Å². The normalized spacial score (nSPS) is 12.6. The molecular formula is C21H19N3O3S. The number of benzene rings is 1. The summed E-state index contributed by atoms with van der Waals surface area (Å²) in [5, 5.41) is 13.5. The summed E-state index contributed by atoms with van der Waals surface area (Å²) in [7, 11) is 0. The standard InChI is InChI=1S/C21H19N3O3S/c1-2-24-11-16(13-6-3-4-8-17(13)24)21(26)27-12-19(25)23-20-15(10-22)14-7-5-9-18(14)28-20/h3-4,6,8,11H,2,5,7,9,12H2,1H3,(H,23,25). The fourth-order valence-corrected chi connectivity index (χ4v) is 4.91. The van der Waals surface area contributed by atoms with Crippen molar-refractivity contribution in [2.24, 2.45) is 0 Å². The van der Waals surface area contributed by atoms with Gasteiger partial charge in [-0.25, -0.2) is 4.79 Å². The number of aryl methyl sites for hydroxylation is 2. The number of rotatable bonds is 5. The number of fused-ring (bicyclic) bond motifs is 2. The molecule has 0 atom stereocenters. The maximum atomic E-state index is 12.5. The van der Waals surface area contributed by atoms with Crippen LogP contribution in [0.4, 0.5) is 5.00 Å². The second-order valence-corrected chi connectivity index (χ2v) is 7.75. The molecule has 3 aromatic rings. The summed E-state index contributed by atoms with van der Waals surface area (Å²) < 4.78 is 7.21. The Balaban J connectivity index is 1.45. The first-order valence-electron chi connectivity index (χ1n) is 9.21. The van der Waals surface area contributed by atoms with Crippen LogP contribution in [0.25, 0.3) is 10.9 Å². The lowest BCUT2D eigenvalue weighted by atomic mass is 10.1. The van der Waals surface area contributed by atoms with Crippen molar-refractivity contribution in [2.75, 3.05) is 11.9 Å². The highest BCUT2D eigenvalue weighted by atomic mass is 32.1. The predicted octanol–water partition coefficient (Wildman–Crippen LogP) is 3.88. The topological polar surface area (TPSA) is 84.1 Å². The molecule has 6 nitrogen and oxygen atoms in total. The van der Waals surface area contributed by atoms with Gasteiger partial charge in [-0.1, -0.05) is 18.2 Å². The molecule has 1 N–H and O–H groups in total. The molecule has 0 aliphatic heterocycles. The molecule has 1 amide bonds. The van der Waals surface area contributed by atoms with Crippen LogP contribution >= 0.6 is 11.3 Å². The lowest BCUT2D eigenvalue weighted by Crippen LogP contribution is -2.20. The molecule has 4 rings (SSSR count). The Bertz CT molecular complexity index is 1120. The minimum atomic E-state index is -0.535. The Morgan fingerprint density at radius 2 is 2.14 bits per heavy atom. The number of carbonyl (C=O) groups excluding carboxylic acids is 2. The number of para-hydroxylation sites is 1. The number of ether oxygens (including phenoxy) is 1. The minimum Gasteiger partial charge on any atom is -0.452 e. The molecule has 0 saturated heterocycles. The van der Waals surface area contributed by atoms with Crippen LogP contribution in [0.15, 0.2) is 30.5 Å². The van der Waals surface area contributed by atoms with E-state index in [1.165, 1.54) is 11.3 Å². The lowest BCUT2D eigenvalue weighted by Gasteiger charge is -2.05. The average Bonchev–Trinajstić information content (AvgIpc) is 3.38. The number of anilines is 1. The van der Waals surface area contributed by atoms with E-state index in [0.717, 1.165) is 47.2 Å². The van der Waals surface area contributed by atoms with Gasteiger partial charge in [-0.3, -0.25) is 4.79 Å². The molecule has 2 aromatic heterocycles. The van der Waals surface area contributed by atoms with E-state index in [9.17, 15) is 14.9 Å². The van der Waals surface area contributed by atoms with Gasteiger partial charge in [0, 0.05) is 28.5 Å². The Morgan fingerprint density at radius 3 is 2.93 bits per heavy atom. The zero-order valence-electron chi connectivity index (χ0n) is 15.4. The van der Waals surface area contributed by atoms with Crippen molar-refractivity contribution in [3.63, 3.8) is 0 Å². The van der Waals surface area contributed by atoms with Gasteiger partial charge < -0.3 is 14.6 Å². The lowest BCUT2D eigenvalue weighted by molar-refractivity contribution is -0.119. The SMILES string of the molecule is CCn1cc(C(=O)OCC(=O)Nc2sc3c(c2C#N)CCC3)c2ccccc21. The molecule has 28 heavy (non-hydrogen) atoms. The molecule has 2 heterocycles. The molecule has 1 aromatic carbocycles. The van der Waals surface area contributed by atoms with Gasteiger partial charge in [0.05, 0.1) is 11.1 Å². The monoisotopic (exact) mass is 393 g/mol. The smallest absolute Gasteiger partial charge is 0.340 e. The van der Waals surface area contributed by atoms with Crippen molar-refractivity contribution in [3.8, 4) is 6.07 Å². The van der Waals surface area contributed by atoms with E-state index in [4.69, 9.17) is 4.74 Å². The zero-order valence-corrected chi connectivity index (χ0v) is 16.3. The van der Waals surface area contributed by atoms with Crippen LogP contribution in [0, 0.1) is 11.3 Å². The van der Waals surface area contributed by atoms with Crippen molar-refractivity contribution in [3.05, 3.63) is 52.0 Å². The summed E-state index contributed by atoms with van der Waals surface area (Å²) in [4.78, 5) is 26.0. The highest BCUT2D eigenvalue weighted by Crippen LogP contribution is 2.38. The van der Waals surface area contributed by atoms with Crippen molar-refractivity contribution in [1.29, 1.82) is 5.26 Å². The largest absolute Gasteiger partial charge is 0.452 e.